The molecule has 0 saturated heterocycles. The van der Waals surface area contributed by atoms with Crippen molar-refractivity contribution in [3.8, 4) is 0 Å². The molecule has 21 heavy (non-hydrogen) atoms. The zero-order valence-electron chi connectivity index (χ0n) is 11.2. The summed E-state index contributed by atoms with van der Waals surface area (Å²) in [7, 11) is 0. The lowest BCUT2D eigenvalue weighted by Crippen LogP contribution is -2.40. The molecule has 2 aromatic carbocycles. The van der Waals surface area contributed by atoms with Gasteiger partial charge in [0.15, 0.2) is 5.78 Å². The Kier molecular flexibility index (Phi) is 3.62. The average molecular weight is 301 g/mol. The zero-order valence-corrected chi connectivity index (χ0v) is 11.9. The van der Waals surface area contributed by atoms with Crippen LogP contribution in [-0.4, -0.2) is 18.4 Å². The summed E-state index contributed by atoms with van der Waals surface area (Å²) in [6.07, 6.45) is 0.333. The van der Waals surface area contributed by atoms with Gasteiger partial charge in [0.05, 0.1) is 5.69 Å². The summed E-state index contributed by atoms with van der Waals surface area (Å²) in [5.74, 6) is 0.0670. The van der Waals surface area contributed by atoms with E-state index in [-0.39, 0.29) is 11.8 Å². The van der Waals surface area contributed by atoms with Gasteiger partial charge in [-0.1, -0.05) is 29.8 Å². The third-order valence-electron chi connectivity index (χ3n) is 3.38. The van der Waals surface area contributed by atoms with Crippen molar-refractivity contribution in [2.75, 3.05) is 16.8 Å². The van der Waals surface area contributed by atoms with E-state index >= 15 is 0 Å². The number of fused-ring (bicyclic) bond motifs is 1. The summed E-state index contributed by atoms with van der Waals surface area (Å²) in [5.41, 5.74) is 1.86. The van der Waals surface area contributed by atoms with Crippen molar-refractivity contribution in [1.29, 1.82) is 0 Å². The number of hydrogen-bond donors (Lipinski definition) is 1. The minimum Gasteiger partial charge on any atom is -0.307 e. The Labute approximate surface area is 127 Å². The first-order valence-electron chi connectivity index (χ1n) is 6.61. The molecular formula is C16H13ClN2O2. The third-order valence-corrected chi connectivity index (χ3v) is 3.61. The minimum absolute atomic E-state index is 0.0670. The van der Waals surface area contributed by atoms with Crippen LogP contribution in [0.4, 0.5) is 16.2 Å². The van der Waals surface area contributed by atoms with Crippen LogP contribution in [0.5, 0.6) is 0 Å². The van der Waals surface area contributed by atoms with Crippen molar-refractivity contribution >= 4 is 34.8 Å². The van der Waals surface area contributed by atoms with E-state index in [0.29, 0.717) is 34.9 Å². The molecule has 1 aliphatic heterocycles. The summed E-state index contributed by atoms with van der Waals surface area (Å²) in [4.78, 5) is 25.9. The molecular weight excluding hydrogens is 288 g/mol. The van der Waals surface area contributed by atoms with Gasteiger partial charge in [0.1, 0.15) is 0 Å². The fourth-order valence-corrected chi connectivity index (χ4v) is 2.57. The molecule has 0 spiro atoms. The van der Waals surface area contributed by atoms with Gasteiger partial charge in [-0.05, 0) is 30.3 Å². The Bertz CT molecular complexity index is 715. The predicted molar refractivity (Wildman–Crippen MR) is 83.2 cm³/mol. The molecule has 0 unspecified atom stereocenters. The molecule has 0 aliphatic carbocycles. The summed E-state index contributed by atoms with van der Waals surface area (Å²) >= 11 is 5.90. The SMILES string of the molecule is O=C1CCN(C(=O)Nc2cccc(Cl)c2)c2ccccc21. The normalized spacial score (nSPS) is 13.8. The highest BCUT2D eigenvalue weighted by Gasteiger charge is 2.26. The van der Waals surface area contributed by atoms with E-state index < -0.39 is 0 Å². The summed E-state index contributed by atoms with van der Waals surface area (Å²) in [5, 5.41) is 3.36. The first kappa shape index (κ1) is 13.6. The molecule has 4 nitrogen and oxygen atoms in total. The maximum atomic E-state index is 12.4. The van der Waals surface area contributed by atoms with E-state index in [2.05, 4.69) is 5.32 Å². The molecule has 0 radical (unpaired) electrons. The number of para-hydroxylation sites is 1. The largest absolute Gasteiger partial charge is 0.326 e. The lowest BCUT2D eigenvalue weighted by molar-refractivity contribution is 0.0981. The van der Waals surface area contributed by atoms with Crippen molar-refractivity contribution in [3.63, 3.8) is 0 Å². The molecule has 1 aliphatic rings. The highest BCUT2D eigenvalue weighted by Crippen LogP contribution is 2.27. The number of urea groups is 1. The second kappa shape index (κ2) is 5.58. The molecule has 3 rings (SSSR count). The monoisotopic (exact) mass is 300 g/mol. The zero-order chi connectivity index (χ0) is 14.8. The van der Waals surface area contributed by atoms with E-state index in [1.54, 1.807) is 47.4 Å². The second-order valence-electron chi connectivity index (χ2n) is 4.78. The highest BCUT2D eigenvalue weighted by atomic mass is 35.5. The van der Waals surface area contributed by atoms with Crippen molar-refractivity contribution in [1.82, 2.24) is 0 Å². The molecule has 5 heteroatoms. The van der Waals surface area contributed by atoms with Gasteiger partial charge in [-0.2, -0.15) is 0 Å². The van der Waals surface area contributed by atoms with Crippen LogP contribution < -0.4 is 10.2 Å². The van der Waals surface area contributed by atoms with Gasteiger partial charge in [-0.15, -0.1) is 0 Å². The van der Waals surface area contributed by atoms with E-state index in [9.17, 15) is 9.59 Å². The minimum atomic E-state index is -0.266. The van der Waals surface area contributed by atoms with Crippen LogP contribution in [0, 0.1) is 0 Å². The van der Waals surface area contributed by atoms with Crippen molar-refractivity contribution in [3.05, 3.63) is 59.1 Å². The van der Waals surface area contributed by atoms with Gasteiger partial charge in [0.2, 0.25) is 0 Å². The molecule has 1 N–H and O–H groups in total. The standard InChI is InChI=1S/C16H13ClN2O2/c17-11-4-3-5-12(10-11)18-16(21)19-9-8-15(20)13-6-1-2-7-14(13)19/h1-7,10H,8-9H2,(H,18,21). The van der Waals surface area contributed by atoms with Crippen LogP contribution in [0.1, 0.15) is 16.8 Å². The number of rotatable bonds is 1. The van der Waals surface area contributed by atoms with Gasteiger partial charge in [0.25, 0.3) is 0 Å². The van der Waals surface area contributed by atoms with Crippen LogP contribution in [0.15, 0.2) is 48.5 Å². The number of carbonyl (C=O) groups excluding carboxylic acids is 2. The van der Waals surface area contributed by atoms with Crippen LogP contribution in [0.2, 0.25) is 5.02 Å². The van der Waals surface area contributed by atoms with E-state index in [1.807, 2.05) is 6.07 Å². The van der Waals surface area contributed by atoms with Gasteiger partial charge >= 0.3 is 6.03 Å². The Morgan fingerprint density at radius 3 is 2.76 bits per heavy atom. The molecule has 0 bridgehead atoms. The molecule has 2 amide bonds. The van der Waals surface area contributed by atoms with E-state index in [4.69, 9.17) is 11.6 Å². The van der Waals surface area contributed by atoms with E-state index in [0.717, 1.165) is 0 Å². The number of benzene rings is 2. The quantitative estimate of drug-likeness (QED) is 0.866. The van der Waals surface area contributed by atoms with E-state index in [1.165, 1.54) is 0 Å². The molecule has 0 aromatic heterocycles. The number of hydrogen-bond acceptors (Lipinski definition) is 2. The fourth-order valence-electron chi connectivity index (χ4n) is 2.38. The number of carbonyl (C=O) groups is 2. The maximum Gasteiger partial charge on any atom is 0.326 e. The number of Topliss-reactive ketones (excluding diaryl/α,β-unsaturated/α-hetero) is 1. The van der Waals surface area contributed by atoms with Crippen molar-refractivity contribution < 1.29 is 9.59 Å². The molecule has 0 atom stereocenters. The Hall–Kier alpha value is -2.33. The first-order chi connectivity index (χ1) is 10.1. The van der Waals surface area contributed by atoms with Gasteiger partial charge in [-0.3, -0.25) is 9.69 Å². The fraction of sp³-hybridized carbons (Fsp3) is 0.125. The number of nitrogens with one attached hydrogen (secondary N) is 1. The Morgan fingerprint density at radius 1 is 1.14 bits per heavy atom. The number of nitrogens with zero attached hydrogens (tertiary/aromatic N) is 1. The smallest absolute Gasteiger partial charge is 0.307 e. The topological polar surface area (TPSA) is 49.4 Å². The maximum absolute atomic E-state index is 12.4. The number of amides is 2. The number of ketones is 1. The van der Waals surface area contributed by atoms with Crippen LogP contribution in [0.25, 0.3) is 0 Å². The number of anilines is 2. The summed E-state index contributed by atoms with van der Waals surface area (Å²) < 4.78 is 0. The first-order valence-corrected chi connectivity index (χ1v) is 6.99. The second-order valence-corrected chi connectivity index (χ2v) is 5.22. The van der Waals surface area contributed by atoms with Gasteiger partial charge in [0, 0.05) is 29.2 Å². The summed E-state index contributed by atoms with van der Waals surface area (Å²) in [6, 6.07) is 13.8. The van der Waals surface area contributed by atoms with Crippen LogP contribution >= 0.6 is 11.6 Å². The van der Waals surface area contributed by atoms with Crippen LogP contribution in [0.3, 0.4) is 0 Å². The third kappa shape index (κ3) is 2.76. The molecule has 1 heterocycles. The predicted octanol–water partition coefficient (Wildman–Crippen LogP) is 3.96. The van der Waals surface area contributed by atoms with Gasteiger partial charge in [-0.25, -0.2) is 4.79 Å². The van der Waals surface area contributed by atoms with Gasteiger partial charge < -0.3 is 5.32 Å². The number of halogens is 1. The molecule has 0 saturated carbocycles. The van der Waals surface area contributed by atoms with Crippen LogP contribution in [-0.2, 0) is 0 Å². The summed E-state index contributed by atoms with van der Waals surface area (Å²) in [6.45, 7) is 0.377. The van der Waals surface area contributed by atoms with Crippen molar-refractivity contribution in [2.24, 2.45) is 0 Å². The molecule has 106 valence electrons. The Balaban J connectivity index is 1.86. The lowest BCUT2D eigenvalue weighted by Gasteiger charge is -2.28. The highest BCUT2D eigenvalue weighted by molar-refractivity contribution is 6.31. The molecule has 0 fully saturated rings. The lowest BCUT2D eigenvalue weighted by atomic mass is 10.0. The Morgan fingerprint density at radius 2 is 1.95 bits per heavy atom. The molecule has 2 aromatic rings. The van der Waals surface area contributed by atoms with Crippen molar-refractivity contribution in [2.45, 2.75) is 6.42 Å². The average Bonchev–Trinajstić information content (AvgIpc) is 2.48.